The zero-order valence-electron chi connectivity index (χ0n) is 15.3. The Kier molecular flexibility index (Phi) is 5.22. The first-order chi connectivity index (χ1) is 12.5. The summed E-state index contributed by atoms with van der Waals surface area (Å²) in [6.45, 7) is 4.29. The van der Waals surface area contributed by atoms with Gasteiger partial charge in [-0.15, -0.1) is 0 Å². The Hall–Kier alpha value is -2.87. The van der Waals surface area contributed by atoms with Crippen LogP contribution in [0, 0.1) is 0 Å². The predicted octanol–water partition coefficient (Wildman–Crippen LogP) is 2.13. The first-order valence-electron chi connectivity index (χ1n) is 8.70. The Labute approximate surface area is 152 Å². The molecule has 2 unspecified atom stereocenters. The predicted molar refractivity (Wildman–Crippen MR) is 104 cm³/mol. The quantitative estimate of drug-likeness (QED) is 0.480. The van der Waals surface area contributed by atoms with E-state index >= 15 is 0 Å². The number of aromatic nitrogens is 4. The van der Waals surface area contributed by atoms with E-state index in [0.29, 0.717) is 29.5 Å². The number of nitrogens with one attached hydrogen (secondary N) is 2. The molecule has 2 aromatic heterocycles. The molecule has 8 nitrogen and oxygen atoms in total. The molecule has 0 saturated carbocycles. The number of aliphatic hydroxyl groups is 1. The third-order valence-corrected chi connectivity index (χ3v) is 4.40. The van der Waals surface area contributed by atoms with Crippen molar-refractivity contribution in [3.05, 3.63) is 36.2 Å². The van der Waals surface area contributed by atoms with Crippen molar-refractivity contribution in [2.24, 2.45) is 7.05 Å². The van der Waals surface area contributed by atoms with Gasteiger partial charge in [0.15, 0.2) is 17.0 Å². The van der Waals surface area contributed by atoms with Crippen LogP contribution in [0.2, 0.25) is 0 Å². The summed E-state index contributed by atoms with van der Waals surface area (Å²) in [6, 6.07) is 7.57. The number of anilines is 3. The molecule has 2 heterocycles. The van der Waals surface area contributed by atoms with Gasteiger partial charge in [0.1, 0.15) is 0 Å². The van der Waals surface area contributed by atoms with Crippen LogP contribution in [0.4, 0.5) is 17.5 Å². The van der Waals surface area contributed by atoms with Gasteiger partial charge in [-0.1, -0.05) is 25.1 Å². The van der Waals surface area contributed by atoms with Gasteiger partial charge in [0, 0.05) is 19.3 Å². The summed E-state index contributed by atoms with van der Waals surface area (Å²) in [5, 5.41) is 16.4. The van der Waals surface area contributed by atoms with E-state index in [0.717, 1.165) is 17.7 Å². The van der Waals surface area contributed by atoms with E-state index in [9.17, 15) is 5.11 Å². The lowest BCUT2D eigenvalue weighted by atomic mass is 10.1. The molecule has 5 N–H and O–H groups in total. The van der Waals surface area contributed by atoms with Crippen LogP contribution in [0.1, 0.15) is 25.8 Å². The van der Waals surface area contributed by atoms with E-state index in [1.54, 1.807) is 13.3 Å². The number of para-hydroxylation sites is 1. The van der Waals surface area contributed by atoms with Crippen molar-refractivity contribution in [2.45, 2.75) is 39.0 Å². The molecule has 0 radical (unpaired) electrons. The lowest BCUT2D eigenvalue weighted by Crippen LogP contribution is -2.31. The average Bonchev–Trinajstić information content (AvgIpc) is 3.00. The van der Waals surface area contributed by atoms with Gasteiger partial charge in [-0.05, 0) is 25.0 Å². The Morgan fingerprint density at radius 3 is 2.73 bits per heavy atom. The van der Waals surface area contributed by atoms with Crippen LogP contribution >= 0.6 is 0 Å². The van der Waals surface area contributed by atoms with Crippen molar-refractivity contribution in [1.82, 2.24) is 19.5 Å². The van der Waals surface area contributed by atoms with Gasteiger partial charge in [0.25, 0.3) is 0 Å². The number of aliphatic hydroxyl groups excluding tert-OH is 1. The summed E-state index contributed by atoms with van der Waals surface area (Å²) in [6.07, 6.45) is 1.96. The second-order valence-electron chi connectivity index (χ2n) is 6.38. The molecule has 8 heteroatoms. The van der Waals surface area contributed by atoms with Crippen LogP contribution in [-0.2, 0) is 13.6 Å². The minimum Gasteiger partial charge on any atom is -0.398 e. The fourth-order valence-corrected chi connectivity index (χ4v) is 2.80. The minimum absolute atomic E-state index is 0.127. The highest BCUT2D eigenvalue weighted by Crippen LogP contribution is 2.22. The maximum Gasteiger partial charge on any atom is 0.227 e. The standard InChI is InChI=1S/C18H25N7O/c1-4-14(11(2)26)22-18-23-16(15-17(24-18)25(3)10-21-15)20-9-12-7-5-6-8-13(12)19/h5-8,10-11,14,26H,4,9,19H2,1-3H3,(H2,20,22,23,24). The molecule has 0 aliphatic heterocycles. The highest BCUT2D eigenvalue weighted by molar-refractivity contribution is 5.84. The van der Waals surface area contributed by atoms with Gasteiger partial charge in [0.2, 0.25) is 5.95 Å². The summed E-state index contributed by atoms with van der Waals surface area (Å²) < 4.78 is 1.84. The molecule has 0 fully saturated rings. The second-order valence-corrected chi connectivity index (χ2v) is 6.38. The molecule has 138 valence electrons. The fourth-order valence-electron chi connectivity index (χ4n) is 2.80. The molecule has 0 aliphatic rings. The second kappa shape index (κ2) is 7.57. The SMILES string of the molecule is CCC(Nc1nc(NCc2ccccc2N)c2ncn(C)c2n1)C(C)O. The van der Waals surface area contributed by atoms with Crippen molar-refractivity contribution in [2.75, 3.05) is 16.4 Å². The number of nitrogens with zero attached hydrogens (tertiary/aromatic N) is 4. The monoisotopic (exact) mass is 355 g/mol. The molecule has 0 aliphatic carbocycles. The maximum absolute atomic E-state index is 9.89. The topological polar surface area (TPSA) is 114 Å². The van der Waals surface area contributed by atoms with Gasteiger partial charge in [-0.3, -0.25) is 0 Å². The normalized spacial score (nSPS) is 13.5. The molecular weight excluding hydrogens is 330 g/mol. The largest absolute Gasteiger partial charge is 0.398 e. The number of aryl methyl sites for hydroxylation is 1. The first kappa shape index (κ1) is 17.9. The van der Waals surface area contributed by atoms with Crippen molar-refractivity contribution in [3.63, 3.8) is 0 Å². The lowest BCUT2D eigenvalue weighted by molar-refractivity contribution is 0.169. The van der Waals surface area contributed by atoms with E-state index in [-0.39, 0.29) is 6.04 Å². The van der Waals surface area contributed by atoms with Gasteiger partial charge in [-0.25, -0.2) is 4.98 Å². The number of hydrogen-bond donors (Lipinski definition) is 4. The van der Waals surface area contributed by atoms with Crippen LogP contribution in [0.5, 0.6) is 0 Å². The summed E-state index contributed by atoms with van der Waals surface area (Å²) in [4.78, 5) is 13.5. The number of benzene rings is 1. The van der Waals surface area contributed by atoms with Crippen LogP contribution < -0.4 is 16.4 Å². The maximum atomic E-state index is 9.89. The Bertz CT molecular complexity index is 890. The van der Waals surface area contributed by atoms with E-state index in [4.69, 9.17) is 5.73 Å². The minimum atomic E-state index is -0.508. The summed E-state index contributed by atoms with van der Waals surface area (Å²) in [5.74, 6) is 1.08. The molecule has 26 heavy (non-hydrogen) atoms. The van der Waals surface area contributed by atoms with Gasteiger partial charge < -0.3 is 26.0 Å². The third kappa shape index (κ3) is 3.70. The molecule has 0 bridgehead atoms. The van der Waals surface area contributed by atoms with Crippen LogP contribution in [0.15, 0.2) is 30.6 Å². The number of hydrogen-bond acceptors (Lipinski definition) is 7. The number of rotatable bonds is 7. The molecule has 0 saturated heterocycles. The molecule has 3 rings (SSSR count). The van der Waals surface area contributed by atoms with Crippen molar-refractivity contribution < 1.29 is 5.11 Å². The average molecular weight is 355 g/mol. The number of imidazole rings is 1. The van der Waals surface area contributed by atoms with E-state index < -0.39 is 6.10 Å². The third-order valence-electron chi connectivity index (χ3n) is 4.40. The van der Waals surface area contributed by atoms with Gasteiger partial charge in [-0.2, -0.15) is 9.97 Å². The van der Waals surface area contributed by atoms with E-state index in [1.165, 1.54) is 0 Å². The Balaban J connectivity index is 1.91. The van der Waals surface area contributed by atoms with Crippen molar-refractivity contribution >= 4 is 28.6 Å². The molecule has 3 aromatic rings. The number of nitrogen functional groups attached to an aromatic ring is 1. The Morgan fingerprint density at radius 1 is 1.27 bits per heavy atom. The molecule has 0 amide bonds. The van der Waals surface area contributed by atoms with Crippen molar-refractivity contribution in [3.8, 4) is 0 Å². The molecular formula is C18H25N7O. The highest BCUT2D eigenvalue weighted by atomic mass is 16.3. The lowest BCUT2D eigenvalue weighted by Gasteiger charge is -2.20. The Morgan fingerprint density at radius 2 is 2.04 bits per heavy atom. The molecule has 1 aromatic carbocycles. The fraction of sp³-hybridized carbons (Fsp3) is 0.389. The summed E-state index contributed by atoms with van der Waals surface area (Å²) in [7, 11) is 1.89. The van der Waals surface area contributed by atoms with Crippen molar-refractivity contribution in [1.29, 1.82) is 0 Å². The van der Waals surface area contributed by atoms with Gasteiger partial charge >= 0.3 is 0 Å². The number of nitrogens with two attached hydrogens (primary N) is 1. The smallest absolute Gasteiger partial charge is 0.227 e. The van der Waals surface area contributed by atoms with Gasteiger partial charge in [0.05, 0.1) is 18.5 Å². The summed E-state index contributed by atoms with van der Waals surface area (Å²) in [5.41, 5.74) is 9.14. The zero-order chi connectivity index (χ0) is 18.7. The number of fused-ring (bicyclic) bond motifs is 1. The van der Waals surface area contributed by atoms with E-state index in [2.05, 4.69) is 25.6 Å². The highest BCUT2D eigenvalue weighted by Gasteiger charge is 2.17. The van der Waals surface area contributed by atoms with E-state index in [1.807, 2.05) is 42.8 Å². The molecule has 2 atom stereocenters. The molecule has 0 spiro atoms. The first-order valence-corrected chi connectivity index (χ1v) is 8.70. The van der Waals surface area contributed by atoms with Crippen LogP contribution in [0.3, 0.4) is 0 Å². The van der Waals surface area contributed by atoms with Crippen LogP contribution in [-0.4, -0.2) is 36.8 Å². The summed E-state index contributed by atoms with van der Waals surface area (Å²) >= 11 is 0. The zero-order valence-corrected chi connectivity index (χ0v) is 15.3. The van der Waals surface area contributed by atoms with Crippen LogP contribution in [0.25, 0.3) is 11.2 Å².